The van der Waals surface area contributed by atoms with Crippen LogP contribution in [0.15, 0.2) is 24.3 Å². The van der Waals surface area contributed by atoms with Gasteiger partial charge in [0.1, 0.15) is 0 Å². The van der Waals surface area contributed by atoms with Crippen molar-refractivity contribution in [3.63, 3.8) is 0 Å². The quantitative estimate of drug-likeness (QED) is 0.595. The minimum absolute atomic E-state index is 0.259. The molecular formula is C11H14IO5+. The van der Waals surface area contributed by atoms with Gasteiger partial charge in [0.15, 0.2) is 0 Å². The van der Waals surface area contributed by atoms with Crippen molar-refractivity contribution in [2.24, 2.45) is 0 Å². The summed E-state index contributed by atoms with van der Waals surface area (Å²) in [5, 5.41) is 0. The molecule has 17 heavy (non-hydrogen) atoms. The predicted octanol–water partition coefficient (Wildman–Crippen LogP) is 1.60. The molecule has 1 aromatic carbocycles. The Morgan fingerprint density at radius 1 is 1.18 bits per heavy atom. The Morgan fingerprint density at radius 3 is 2.53 bits per heavy atom. The van der Waals surface area contributed by atoms with Gasteiger partial charge in [0.25, 0.3) is 0 Å². The van der Waals surface area contributed by atoms with E-state index in [2.05, 4.69) is 2.70 Å². The zero-order valence-electron chi connectivity index (χ0n) is 9.13. The molecule has 1 fully saturated rings. The summed E-state index contributed by atoms with van der Waals surface area (Å²) in [4.78, 5) is 11.7. The van der Waals surface area contributed by atoms with Crippen molar-refractivity contribution in [3.05, 3.63) is 33.4 Å². The molecular weight excluding hydrogens is 339 g/mol. The third-order valence-electron chi connectivity index (χ3n) is 3.03. The van der Waals surface area contributed by atoms with Gasteiger partial charge < -0.3 is 0 Å². The van der Waals surface area contributed by atoms with Crippen LogP contribution in [-0.4, -0.2) is 26.1 Å². The second-order valence-corrected chi connectivity index (χ2v) is 11.2. The van der Waals surface area contributed by atoms with E-state index in [0.29, 0.717) is 13.2 Å². The molecule has 2 aliphatic heterocycles. The number of hydrogen-bond acceptors (Lipinski definition) is 4. The fourth-order valence-corrected chi connectivity index (χ4v) is 8.73. The number of fused-ring (bicyclic) bond motifs is 1. The van der Waals surface area contributed by atoms with Crippen molar-refractivity contribution in [2.45, 2.75) is 12.8 Å². The molecule has 2 aliphatic rings. The molecule has 0 aromatic heterocycles. The first-order valence-corrected chi connectivity index (χ1v) is 10.2. The molecule has 0 unspecified atom stereocenters. The van der Waals surface area contributed by atoms with Gasteiger partial charge in [-0.3, -0.25) is 0 Å². The van der Waals surface area contributed by atoms with Crippen molar-refractivity contribution in [2.75, 3.05) is 13.2 Å². The van der Waals surface area contributed by atoms with Crippen molar-refractivity contribution in [1.82, 2.24) is 0 Å². The van der Waals surface area contributed by atoms with Gasteiger partial charge in [-0.25, -0.2) is 0 Å². The summed E-state index contributed by atoms with van der Waals surface area (Å²) in [7, 11) is 0. The summed E-state index contributed by atoms with van der Waals surface area (Å²) in [6.45, 7) is 0.978. The standard InChI is InChI=1S/C11H14IO5/c13-11-9-5-1-2-6-10(9)12(14,15,16-11)17-7-3-4-8-17/h1-2,5-6,14-15H,3-4,7-8H2/q+1. The zero-order chi connectivity index (χ0) is 12.1. The Bertz CT molecular complexity index is 492. The Balaban J connectivity index is 2.18. The monoisotopic (exact) mass is 353 g/mol. The molecule has 3 rings (SSSR count). The average Bonchev–Trinajstić information content (AvgIpc) is 2.88. The summed E-state index contributed by atoms with van der Waals surface area (Å²) in [6.07, 6.45) is 1.73. The van der Waals surface area contributed by atoms with Crippen LogP contribution in [0, 0.1) is 3.57 Å². The normalized spacial score (nSPS) is 28.1. The third-order valence-corrected chi connectivity index (χ3v) is 10.3. The van der Waals surface area contributed by atoms with Crippen molar-refractivity contribution < 1.29 is 17.4 Å². The number of benzene rings is 1. The second-order valence-electron chi connectivity index (χ2n) is 4.12. The Morgan fingerprint density at radius 2 is 1.82 bits per heavy atom. The summed E-state index contributed by atoms with van der Waals surface area (Å²) in [5.41, 5.74) is 0.269. The van der Waals surface area contributed by atoms with Crippen molar-refractivity contribution in [1.29, 1.82) is 0 Å². The van der Waals surface area contributed by atoms with Crippen LogP contribution in [0.4, 0.5) is 0 Å². The summed E-state index contributed by atoms with van der Waals surface area (Å²) in [5.74, 6) is -0.640. The van der Waals surface area contributed by atoms with Crippen LogP contribution in [0.2, 0.25) is 0 Å². The molecule has 1 saturated heterocycles. The van der Waals surface area contributed by atoms with E-state index in [4.69, 9.17) is 3.07 Å². The summed E-state index contributed by atoms with van der Waals surface area (Å²) >= 11 is -5.42. The molecule has 1 aromatic rings. The van der Waals surface area contributed by atoms with Crippen LogP contribution >= 0.6 is 18.7 Å². The molecule has 2 N–H and O–H groups in total. The van der Waals surface area contributed by atoms with E-state index >= 15 is 0 Å². The molecule has 0 amide bonds. The number of hydrogen-bond donors (Lipinski definition) is 2. The molecule has 0 radical (unpaired) electrons. The maximum absolute atomic E-state index is 11.7. The predicted molar refractivity (Wildman–Crippen MR) is 69.1 cm³/mol. The third kappa shape index (κ3) is 1.44. The SMILES string of the molecule is O=C1OI(O)(O)([O+]2CCCC2)c2ccccc21. The van der Waals surface area contributed by atoms with Crippen molar-refractivity contribution >= 4 is 24.7 Å². The van der Waals surface area contributed by atoms with Gasteiger partial charge in [-0.2, -0.15) is 0 Å². The van der Waals surface area contributed by atoms with E-state index in [1.165, 1.54) is 0 Å². The van der Waals surface area contributed by atoms with E-state index in [1.807, 2.05) is 0 Å². The fourth-order valence-electron chi connectivity index (χ4n) is 2.18. The van der Waals surface area contributed by atoms with Crippen LogP contribution < -0.4 is 0 Å². The Kier molecular flexibility index (Phi) is 2.28. The van der Waals surface area contributed by atoms with E-state index in [0.717, 1.165) is 12.8 Å². The fraction of sp³-hybridized carbons (Fsp3) is 0.364. The molecule has 5 nitrogen and oxygen atoms in total. The van der Waals surface area contributed by atoms with E-state index in [9.17, 15) is 11.7 Å². The van der Waals surface area contributed by atoms with Crippen LogP contribution in [0.1, 0.15) is 23.2 Å². The van der Waals surface area contributed by atoms with Gasteiger partial charge in [0.05, 0.1) is 0 Å². The van der Waals surface area contributed by atoms with E-state index < -0.39 is 24.7 Å². The van der Waals surface area contributed by atoms with Gasteiger partial charge in [-0.05, 0) is 0 Å². The average molecular weight is 353 g/mol. The molecule has 0 spiro atoms. The van der Waals surface area contributed by atoms with Crippen LogP contribution in [0.5, 0.6) is 0 Å². The van der Waals surface area contributed by atoms with Gasteiger partial charge >= 0.3 is 102 Å². The van der Waals surface area contributed by atoms with Crippen LogP contribution in [0.25, 0.3) is 0 Å². The first-order chi connectivity index (χ1) is 8.01. The minimum atomic E-state index is -5.42. The summed E-state index contributed by atoms with van der Waals surface area (Å²) < 4.78 is 29.1. The second kappa shape index (κ2) is 3.41. The number of carbonyl (C=O) groups excluding carboxylic acids is 1. The van der Waals surface area contributed by atoms with Crippen LogP contribution in [0.3, 0.4) is 0 Å². The maximum atomic E-state index is 11.7. The van der Waals surface area contributed by atoms with Crippen molar-refractivity contribution in [3.8, 4) is 0 Å². The van der Waals surface area contributed by atoms with E-state index in [-0.39, 0.29) is 9.13 Å². The van der Waals surface area contributed by atoms with Gasteiger partial charge in [0.2, 0.25) is 0 Å². The molecule has 94 valence electrons. The molecule has 2 heterocycles. The Labute approximate surface area is 102 Å². The molecule has 0 saturated carbocycles. The molecule has 0 atom stereocenters. The van der Waals surface area contributed by atoms with Crippen LogP contribution in [-0.2, 0) is 5.76 Å². The number of carbonyl (C=O) groups is 1. The molecule has 0 aliphatic carbocycles. The van der Waals surface area contributed by atoms with Gasteiger partial charge in [0, 0.05) is 0 Å². The van der Waals surface area contributed by atoms with E-state index in [1.54, 1.807) is 24.3 Å². The first-order valence-electron chi connectivity index (χ1n) is 5.40. The number of rotatable bonds is 1. The summed E-state index contributed by atoms with van der Waals surface area (Å²) in [6, 6.07) is 6.51. The molecule has 6 heteroatoms. The topological polar surface area (TPSA) is 69.5 Å². The van der Waals surface area contributed by atoms with Gasteiger partial charge in [-0.15, -0.1) is 0 Å². The zero-order valence-corrected chi connectivity index (χ0v) is 11.3. The number of halogens is 1. The van der Waals surface area contributed by atoms with Gasteiger partial charge in [-0.1, -0.05) is 0 Å². The first kappa shape index (κ1) is 11.4. The Hall–Kier alpha value is -0.700. The molecule has 0 bridgehead atoms.